The monoisotopic (exact) mass is 276 g/mol. The molecular weight excluding hydrogens is 263 g/mol. The molecule has 0 fully saturated rings. The molecule has 0 aliphatic rings. The third kappa shape index (κ3) is 3.19. The van der Waals surface area contributed by atoms with Gasteiger partial charge in [-0.25, -0.2) is 4.39 Å². The maximum atomic E-state index is 12.9. The van der Waals surface area contributed by atoms with E-state index in [-0.39, 0.29) is 11.8 Å². The molecule has 1 heterocycles. The van der Waals surface area contributed by atoms with Gasteiger partial charge in [-0.3, -0.25) is 0 Å². The van der Waals surface area contributed by atoms with E-state index in [0.717, 1.165) is 17.5 Å². The molecule has 104 valence electrons. The quantitative estimate of drug-likeness (QED) is 0.682. The topological polar surface area (TPSA) is 82.6 Å². The molecule has 0 aliphatic heterocycles. The first-order chi connectivity index (χ1) is 9.60. The van der Waals surface area contributed by atoms with Gasteiger partial charge >= 0.3 is 6.01 Å². The Morgan fingerprint density at radius 2 is 2.00 bits per heavy atom. The first-order valence-electron chi connectivity index (χ1n) is 5.74. The summed E-state index contributed by atoms with van der Waals surface area (Å²) in [4.78, 5) is 12.2. The molecule has 0 unspecified atom stereocenters. The van der Waals surface area contributed by atoms with Gasteiger partial charge in [-0.1, -0.05) is 5.16 Å². The molecule has 0 saturated carbocycles. The molecule has 1 aromatic carbocycles. The molecule has 6 nitrogen and oxygen atoms in total. The first-order valence-corrected chi connectivity index (χ1v) is 5.74. The third-order valence-corrected chi connectivity index (χ3v) is 2.52. The second kappa shape index (κ2) is 5.96. The average molecular weight is 276 g/mol. The number of anilines is 1. The van der Waals surface area contributed by atoms with Crippen LogP contribution >= 0.6 is 0 Å². The molecule has 0 saturated heterocycles. The number of hydrogen-bond acceptors (Lipinski definition) is 6. The molecule has 0 atom stereocenters. The molecular formula is C13H13FN4O2. The fourth-order valence-electron chi connectivity index (χ4n) is 1.40. The Morgan fingerprint density at radius 1 is 1.30 bits per heavy atom. The van der Waals surface area contributed by atoms with Crippen molar-refractivity contribution in [3.63, 3.8) is 0 Å². The van der Waals surface area contributed by atoms with Gasteiger partial charge in [0.05, 0.1) is 19.0 Å². The van der Waals surface area contributed by atoms with Gasteiger partial charge in [0.25, 0.3) is 0 Å². The summed E-state index contributed by atoms with van der Waals surface area (Å²) >= 11 is 0. The van der Waals surface area contributed by atoms with Crippen LogP contribution in [0.15, 0.2) is 35.6 Å². The van der Waals surface area contributed by atoms with E-state index in [1.807, 2.05) is 12.1 Å². The van der Waals surface area contributed by atoms with Gasteiger partial charge in [0.15, 0.2) is 11.6 Å². The van der Waals surface area contributed by atoms with E-state index in [2.05, 4.69) is 15.1 Å². The third-order valence-electron chi connectivity index (χ3n) is 2.52. The van der Waals surface area contributed by atoms with Crippen LogP contribution < -0.4 is 15.3 Å². The normalized spacial score (nSPS) is 11.2. The Hall–Kier alpha value is -2.70. The van der Waals surface area contributed by atoms with Gasteiger partial charge in [0.2, 0.25) is 0 Å². The van der Waals surface area contributed by atoms with E-state index >= 15 is 0 Å². The summed E-state index contributed by atoms with van der Waals surface area (Å²) in [5, 5.41) is 3.86. The van der Waals surface area contributed by atoms with Crippen LogP contribution in [0.3, 0.4) is 0 Å². The predicted octanol–water partition coefficient (Wildman–Crippen LogP) is 2.01. The molecule has 0 bridgehead atoms. The zero-order chi connectivity index (χ0) is 14.5. The van der Waals surface area contributed by atoms with Gasteiger partial charge in [0, 0.05) is 0 Å². The zero-order valence-electron chi connectivity index (χ0n) is 11.0. The van der Waals surface area contributed by atoms with Gasteiger partial charge in [-0.15, -0.1) is 0 Å². The number of methoxy groups -OCH3 is 1. The van der Waals surface area contributed by atoms with Gasteiger partial charge in [-0.2, -0.15) is 9.97 Å². The highest BCUT2D eigenvalue weighted by Crippen LogP contribution is 2.13. The zero-order valence-corrected chi connectivity index (χ0v) is 11.0. The largest absolute Gasteiger partial charge is 0.497 e. The SMILES string of the molecule is COc1ccc(/C(C)=N/Oc2ncc(F)c(N)n2)cc1. The lowest BCUT2D eigenvalue weighted by molar-refractivity contribution is 0.311. The minimum Gasteiger partial charge on any atom is -0.497 e. The lowest BCUT2D eigenvalue weighted by Gasteiger charge is -2.03. The van der Waals surface area contributed by atoms with Crippen LogP contribution in [0.4, 0.5) is 10.2 Å². The fraction of sp³-hybridized carbons (Fsp3) is 0.154. The maximum absolute atomic E-state index is 12.9. The van der Waals surface area contributed by atoms with Crippen LogP contribution in [0.25, 0.3) is 0 Å². The molecule has 7 heteroatoms. The molecule has 2 rings (SSSR count). The number of hydrogen-bond donors (Lipinski definition) is 1. The Morgan fingerprint density at radius 3 is 2.60 bits per heavy atom. The maximum Gasteiger partial charge on any atom is 0.347 e. The number of halogens is 1. The molecule has 0 spiro atoms. The van der Waals surface area contributed by atoms with E-state index in [1.54, 1.807) is 26.2 Å². The Bertz CT molecular complexity index is 629. The highest BCUT2D eigenvalue weighted by Gasteiger charge is 2.05. The summed E-state index contributed by atoms with van der Waals surface area (Å²) in [5.74, 6) is -0.238. The minimum absolute atomic E-state index is 0.114. The van der Waals surface area contributed by atoms with E-state index in [4.69, 9.17) is 15.3 Å². The second-order valence-electron chi connectivity index (χ2n) is 3.88. The first kappa shape index (κ1) is 13.7. The number of nitrogens with two attached hydrogens (primary N) is 1. The standard InChI is InChI=1S/C13H13FN4O2/c1-8(9-3-5-10(19-2)6-4-9)18-20-13-16-7-11(14)12(15)17-13/h3-7H,1-2H3,(H2,15,16,17)/b18-8+. The van der Waals surface area contributed by atoms with Crippen LogP contribution in [-0.4, -0.2) is 22.8 Å². The summed E-state index contributed by atoms with van der Waals surface area (Å²) in [6, 6.07) is 7.17. The molecule has 0 radical (unpaired) electrons. The minimum atomic E-state index is -0.701. The van der Waals surface area contributed by atoms with Gasteiger partial charge in [-0.05, 0) is 36.8 Å². The van der Waals surface area contributed by atoms with E-state index in [9.17, 15) is 4.39 Å². The van der Waals surface area contributed by atoms with Crippen molar-refractivity contribution in [2.75, 3.05) is 12.8 Å². The number of nitrogens with zero attached hydrogens (tertiary/aromatic N) is 3. The highest BCUT2D eigenvalue weighted by molar-refractivity contribution is 5.98. The lowest BCUT2D eigenvalue weighted by Crippen LogP contribution is -2.02. The molecule has 0 aliphatic carbocycles. The van der Waals surface area contributed by atoms with Gasteiger partial charge in [0.1, 0.15) is 5.75 Å². The summed E-state index contributed by atoms with van der Waals surface area (Å²) < 4.78 is 17.9. The smallest absolute Gasteiger partial charge is 0.347 e. The number of rotatable bonds is 4. The van der Waals surface area contributed by atoms with Crippen molar-refractivity contribution in [3.05, 3.63) is 41.8 Å². The summed E-state index contributed by atoms with van der Waals surface area (Å²) in [5.41, 5.74) is 6.76. The lowest BCUT2D eigenvalue weighted by atomic mass is 10.1. The Kier molecular flexibility index (Phi) is 4.09. The van der Waals surface area contributed by atoms with Crippen molar-refractivity contribution in [1.29, 1.82) is 0 Å². The van der Waals surface area contributed by atoms with Crippen molar-refractivity contribution in [2.45, 2.75) is 6.92 Å². The number of benzene rings is 1. The summed E-state index contributed by atoms with van der Waals surface area (Å²) in [6.45, 7) is 1.76. The second-order valence-corrected chi connectivity index (χ2v) is 3.88. The number of oxime groups is 1. The molecule has 2 N–H and O–H groups in total. The van der Waals surface area contributed by atoms with Crippen molar-refractivity contribution in [2.24, 2.45) is 5.16 Å². The van der Waals surface area contributed by atoms with Crippen LogP contribution in [0.1, 0.15) is 12.5 Å². The number of aromatic nitrogens is 2. The van der Waals surface area contributed by atoms with Crippen LogP contribution in [0.2, 0.25) is 0 Å². The number of ether oxygens (including phenoxy) is 1. The van der Waals surface area contributed by atoms with E-state index in [0.29, 0.717) is 5.71 Å². The average Bonchev–Trinajstić information content (AvgIpc) is 2.48. The summed E-state index contributed by atoms with van der Waals surface area (Å²) in [7, 11) is 1.59. The Labute approximate surface area is 115 Å². The van der Waals surface area contributed by atoms with E-state index < -0.39 is 5.82 Å². The molecule has 0 amide bonds. The molecule has 20 heavy (non-hydrogen) atoms. The van der Waals surface area contributed by atoms with Crippen molar-refractivity contribution in [1.82, 2.24) is 9.97 Å². The van der Waals surface area contributed by atoms with Crippen molar-refractivity contribution < 1.29 is 14.0 Å². The number of nitrogen functional groups attached to an aromatic ring is 1. The predicted molar refractivity (Wildman–Crippen MR) is 72.2 cm³/mol. The van der Waals surface area contributed by atoms with Gasteiger partial charge < -0.3 is 15.3 Å². The van der Waals surface area contributed by atoms with Crippen molar-refractivity contribution in [3.8, 4) is 11.8 Å². The molecule has 1 aromatic heterocycles. The van der Waals surface area contributed by atoms with Crippen LogP contribution in [0.5, 0.6) is 11.8 Å². The van der Waals surface area contributed by atoms with Crippen LogP contribution in [0, 0.1) is 5.82 Å². The summed E-state index contributed by atoms with van der Waals surface area (Å²) in [6.07, 6.45) is 0.926. The van der Waals surface area contributed by atoms with Crippen LogP contribution in [-0.2, 0) is 0 Å². The van der Waals surface area contributed by atoms with Crippen molar-refractivity contribution >= 4 is 11.5 Å². The Balaban J connectivity index is 2.11. The highest BCUT2D eigenvalue weighted by atomic mass is 19.1. The van der Waals surface area contributed by atoms with E-state index in [1.165, 1.54) is 0 Å². The fourth-order valence-corrected chi connectivity index (χ4v) is 1.40. The molecule has 2 aromatic rings.